The minimum absolute atomic E-state index is 0.00571. The molecule has 8 nitrogen and oxygen atoms in total. The first kappa shape index (κ1) is 33.2. The van der Waals surface area contributed by atoms with Crippen LogP contribution in [0.1, 0.15) is 45.2 Å². The highest BCUT2D eigenvalue weighted by Gasteiger charge is 2.35. The predicted molar refractivity (Wildman–Crippen MR) is 168 cm³/mol. The van der Waals surface area contributed by atoms with Crippen molar-refractivity contribution in [1.29, 1.82) is 0 Å². The zero-order valence-electron chi connectivity index (χ0n) is 24.6. The number of nitrogens with one attached hydrogen (secondary N) is 1. The molecule has 0 aliphatic carbocycles. The summed E-state index contributed by atoms with van der Waals surface area (Å²) in [7, 11) is -2.81. The van der Waals surface area contributed by atoms with Gasteiger partial charge in [-0.25, -0.2) is 8.42 Å². The van der Waals surface area contributed by atoms with Crippen molar-refractivity contribution >= 4 is 50.7 Å². The SMILES string of the molecule is CC[C@H](C(=O)NC(C)(C)C)N(Cc1ccc(Cl)cc1Cl)C(=O)CN(c1cc(C)ccc1OC)S(=O)(=O)c1ccccc1. The van der Waals surface area contributed by atoms with Crippen LogP contribution in [0.2, 0.25) is 10.0 Å². The van der Waals surface area contributed by atoms with Crippen molar-refractivity contribution in [3.05, 3.63) is 87.9 Å². The monoisotopic (exact) mass is 633 g/mol. The van der Waals surface area contributed by atoms with Gasteiger partial charge in [0, 0.05) is 22.1 Å². The van der Waals surface area contributed by atoms with Crippen molar-refractivity contribution in [3.63, 3.8) is 0 Å². The van der Waals surface area contributed by atoms with E-state index < -0.39 is 34.1 Å². The van der Waals surface area contributed by atoms with Gasteiger partial charge in [0.1, 0.15) is 18.3 Å². The average molecular weight is 635 g/mol. The Morgan fingerprint density at radius 3 is 2.24 bits per heavy atom. The highest BCUT2D eigenvalue weighted by Crippen LogP contribution is 2.34. The van der Waals surface area contributed by atoms with Gasteiger partial charge in [-0.05, 0) is 81.6 Å². The maximum atomic E-state index is 14.3. The Hall–Kier alpha value is -3.27. The summed E-state index contributed by atoms with van der Waals surface area (Å²) in [6, 6.07) is 16.9. The lowest BCUT2D eigenvalue weighted by Gasteiger charge is -2.35. The van der Waals surface area contributed by atoms with Crippen LogP contribution in [0, 0.1) is 6.92 Å². The molecule has 2 amide bonds. The Kier molecular flexibility index (Phi) is 10.9. The minimum Gasteiger partial charge on any atom is -0.495 e. The second-order valence-electron chi connectivity index (χ2n) is 10.9. The molecule has 0 saturated heterocycles. The third kappa shape index (κ3) is 8.18. The van der Waals surface area contributed by atoms with E-state index in [9.17, 15) is 18.0 Å². The van der Waals surface area contributed by atoms with E-state index in [0.717, 1.165) is 9.87 Å². The van der Waals surface area contributed by atoms with Crippen LogP contribution in [0.25, 0.3) is 0 Å². The van der Waals surface area contributed by atoms with Gasteiger partial charge in [-0.3, -0.25) is 13.9 Å². The van der Waals surface area contributed by atoms with Crippen molar-refractivity contribution in [1.82, 2.24) is 10.2 Å². The maximum Gasteiger partial charge on any atom is 0.264 e. The van der Waals surface area contributed by atoms with Gasteiger partial charge in [0.2, 0.25) is 11.8 Å². The standard InChI is InChI=1S/C31H37Cl2N3O5S/c1-7-26(30(38)34-31(3,4)5)35(19-22-14-15-23(32)18-25(22)33)29(37)20-36(27-17-21(2)13-16-28(27)41-6)42(39,40)24-11-9-8-10-12-24/h8-18,26H,7,19-20H2,1-6H3,(H,34,38)/t26-/m1/s1. The zero-order valence-corrected chi connectivity index (χ0v) is 27.0. The van der Waals surface area contributed by atoms with Crippen LogP contribution >= 0.6 is 23.2 Å². The smallest absolute Gasteiger partial charge is 0.264 e. The number of halogens is 2. The number of hydrogen-bond donors (Lipinski definition) is 1. The number of aryl methyl sites for hydroxylation is 1. The number of sulfonamides is 1. The van der Waals surface area contributed by atoms with Gasteiger partial charge < -0.3 is 15.0 Å². The molecule has 0 aromatic heterocycles. The second kappa shape index (κ2) is 13.8. The predicted octanol–water partition coefficient (Wildman–Crippen LogP) is 6.23. The molecule has 0 heterocycles. The van der Waals surface area contributed by atoms with E-state index >= 15 is 0 Å². The van der Waals surface area contributed by atoms with E-state index in [1.165, 1.54) is 24.1 Å². The molecular weight excluding hydrogens is 597 g/mol. The largest absolute Gasteiger partial charge is 0.495 e. The number of carbonyl (C=O) groups is 2. The summed E-state index contributed by atoms with van der Waals surface area (Å²) in [6.45, 7) is 8.50. The number of amides is 2. The van der Waals surface area contributed by atoms with Gasteiger partial charge in [-0.2, -0.15) is 0 Å². The third-order valence-electron chi connectivity index (χ3n) is 6.45. The first-order valence-electron chi connectivity index (χ1n) is 13.5. The topological polar surface area (TPSA) is 96.0 Å². The first-order chi connectivity index (χ1) is 19.7. The molecule has 1 atom stereocenters. The maximum absolute atomic E-state index is 14.3. The third-order valence-corrected chi connectivity index (χ3v) is 8.81. The minimum atomic E-state index is -4.24. The molecule has 0 fully saturated rings. The Labute approximate surface area is 258 Å². The van der Waals surface area contributed by atoms with E-state index in [1.807, 2.05) is 27.7 Å². The number of rotatable bonds is 11. The Bertz CT molecular complexity index is 1530. The Morgan fingerprint density at radius 1 is 1.00 bits per heavy atom. The van der Waals surface area contributed by atoms with Crippen LogP contribution in [-0.2, 0) is 26.2 Å². The molecule has 0 bridgehead atoms. The number of anilines is 1. The molecule has 0 unspecified atom stereocenters. The number of benzene rings is 3. The summed E-state index contributed by atoms with van der Waals surface area (Å²) >= 11 is 12.6. The summed E-state index contributed by atoms with van der Waals surface area (Å²) in [4.78, 5) is 29.1. The molecule has 0 aliphatic heterocycles. The molecule has 0 spiro atoms. The van der Waals surface area contributed by atoms with Crippen LogP contribution in [0.3, 0.4) is 0 Å². The Balaban J connectivity index is 2.15. The van der Waals surface area contributed by atoms with Gasteiger partial charge in [0.15, 0.2) is 0 Å². The Morgan fingerprint density at radius 2 is 1.67 bits per heavy atom. The van der Waals surface area contributed by atoms with Gasteiger partial charge >= 0.3 is 0 Å². The molecule has 42 heavy (non-hydrogen) atoms. The van der Waals surface area contributed by atoms with Crippen molar-refractivity contribution in [3.8, 4) is 5.75 Å². The van der Waals surface area contributed by atoms with Crippen LogP contribution in [0.4, 0.5) is 5.69 Å². The fraction of sp³-hybridized carbons (Fsp3) is 0.355. The summed E-state index contributed by atoms with van der Waals surface area (Å²) in [5, 5.41) is 3.69. The van der Waals surface area contributed by atoms with Crippen molar-refractivity contribution in [2.24, 2.45) is 0 Å². The van der Waals surface area contributed by atoms with Crippen LogP contribution < -0.4 is 14.4 Å². The molecule has 3 rings (SSSR count). The molecule has 1 N–H and O–H groups in total. The van der Waals surface area contributed by atoms with Crippen LogP contribution in [0.15, 0.2) is 71.6 Å². The van der Waals surface area contributed by atoms with Crippen molar-refractivity contribution in [2.45, 2.75) is 64.1 Å². The molecule has 0 radical (unpaired) electrons. The summed E-state index contributed by atoms with van der Waals surface area (Å²) in [5.74, 6) is -0.688. The van der Waals surface area contributed by atoms with Gasteiger partial charge in [0.05, 0.1) is 17.7 Å². The molecule has 0 aliphatic rings. The van der Waals surface area contributed by atoms with Gasteiger partial charge in [-0.15, -0.1) is 0 Å². The molecule has 0 saturated carbocycles. The van der Waals surface area contributed by atoms with E-state index in [-0.39, 0.29) is 35.2 Å². The van der Waals surface area contributed by atoms with Gasteiger partial charge in [0.25, 0.3) is 10.0 Å². The number of methoxy groups -OCH3 is 1. The summed E-state index contributed by atoms with van der Waals surface area (Å²) in [6.07, 6.45) is 0.276. The number of hydrogen-bond acceptors (Lipinski definition) is 5. The lowest BCUT2D eigenvalue weighted by Crippen LogP contribution is -2.55. The van der Waals surface area contributed by atoms with E-state index in [4.69, 9.17) is 27.9 Å². The lowest BCUT2D eigenvalue weighted by atomic mass is 10.1. The molecule has 3 aromatic rings. The fourth-order valence-corrected chi connectivity index (χ4v) is 6.34. The normalized spacial score (nSPS) is 12.4. The first-order valence-corrected chi connectivity index (χ1v) is 15.7. The van der Waals surface area contributed by atoms with Crippen molar-refractivity contribution in [2.75, 3.05) is 18.0 Å². The fourth-order valence-electron chi connectivity index (χ4n) is 4.43. The van der Waals surface area contributed by atoms with E-state index in [2.05, 4.69) is 5.32 Å². The molecule has 11 heteroatoms. The van der Waals surface area contributed by atoms with Gasteiger partial charge in [-0.1, -0.05) is 60.5 Å². The zero-order chi connectivity index (χ0) is 31.2. The van der Waals surface area contributed by atoms with Crippen LogP contribution in [-0.4, -0.2) is 50.4 Å². The summed E-state index contributed by atoms with van der Waals surface area (Å²) < 4.78 is 34.7. The molecule has 226 valence electrons. The average Bonchev–Trinajstić information content (AvgIpc) is 2.92. The number of carbonyl (C=O) groups excluding carboxylic acids is 2. The van der Waals surface area contributed by atoms with Crippen LogP contribution in [0.5, 0.6) is 5.75 Å². The lowest BCUT2D eigenvalue weighted by molar-refractivity contribution is -0.141. The van der Waals surface area contributed by atoms with E-state index in [1.54, 1.807) is 61.5 Å². The molecular formula is C31H37Cl2N3O5S. The number of nitrogens with zero attached hydrogens (tertiary/aromatic N) is 2. The quantitative estimate of drug-likeness (QED) is 0.270. The second-order valence-corrected chi connectivity index (χ2v) is 13.6. The van der Waals surface area contributed by atoms with E-state index in [0.29, 0.717) is 15.6 Å². The number of ether oxygens (including phenoxy) is 1. The highest BCUT2D eigenvalue weighted by molar-refractivity contribution is 7.92. The summed E-state index contributed by atoms with van der Waals surface area (Å²) in [5.41, 5.74) is 0.968. The highest BCUT2D eigenvalue weighted by atomic mass is 35.5. The molecule has 3 aromatic carbocycles. The van der Waals surface area contributed by atoms with Crippen molar-refractivity contribution < 1.29 is 22.7 Å².